The number of carbonyl (C=O) groups excluding carboxylic acids is 1. The molecule has 0 aliphatic heterocycles. The number of hydrogen-bond acceptors (Lipinski definition) is 4. The van der Waals surface area contributed by atoms with Crippen LogP contribution in [0.1, 0.15) is 34.8 Å². The van der Waals surface area contributed by atoms with Crippen LogP contribution in [0.25, 0.3) is 0 Å². The first-order valence-corrected chi connectivity index (χ1v) is 10.2. The highest BCUT2D eigenvalue weighted by atomic mass is 35.5. The topological polar surface area (TPSA) is 70.9 Å². The SMILES string of the molecule is CC/C(=N\NC(=O)c1ccccc1OCc1ccc(F)cc1)c1cc(Cl)cc(Cl)c1O. The van der Waals surface area contributed by atoms with Gasteiger partial charge < -0.3 is 9.84 Å². The summed E-state index contributed by atoms with van der Waals surface area (Å²) >= 11 is 12.0. The lowest BCUT2D eigenvalue weighted by molar-refractivity contribution is 0.0950. The molecule has 0 saturated heterocycles. The number of rotatable bonds is 7. The number of para-hydroxylation sites is 1. The molecule has 0 bridgehead atoms. The van der Waals surface area contributed by atoms with E-state index >= 15 is 0 Å². The largest absolute Gasteiger partial charge is 0.506 e. The van der Waals surface area contributed by atoms with E-state index in [-0.39, 0.29) is 28.8 Å². The summed E-state index contributed by atoms with van der Waals surface area (Å²) in [4.78, 5) is 12.7. The van der Waals surface area contributed by atoms with Gasteiger partial charge in [0.05, 0.1) is 16.3 Å². The van der Waals surface area contributed by atoms with Crippen LogP contribution < -0.4 is 10.2 Å². The Morgan fingerprint density at radius 3 is 2.52 bits per heavy atom. The van der Waals surface area contributed by atoms with Gasteiger partial charge in [-0.05, 0) is 48.4 Å². The lowest BCUT2D eigenvalue weighted by Gasteiger charge is -2.12. The maximum atomic E-state index is 13.1. The summed E-state index contributed by atoms with van der Waals surface area (Å²) in [6.45, 7) is 1.99. The summed E-state index contributed by atoms with van der Waals surface area (Å²) in [5, 5.41) is 14.8. The number of phenolic OH excluding ortho intramolecular Hbond substituents is 1. The van der Waals surface area contributed by atoms with Gasteiger partial charge in [-0.15, -0.1) is 0 Å². The van der Waals surface area contributed by atoms with E-state index in [1.807, 2.05) is 6.92 Å². The average molecular weight is 461 g/mol. The Labute approximate surface area is 189 Å². The number of phenols is 1. The fourth-order valence-electron chi connectivity index (χ4n) is 2.82. The van der Waals surface area contributed by atoms with Crippen molar-refractivity contribution < 1.29 is 19.0 Å². The Kier molecular flexibility index (Phi) is 7.50. The van der Waals surface area contributed by atoms with Crippen molar-refractivity contribution in [3.8, 4) is 11.5 Å². The van der Waals surface area contributed by atoms with Gasteiger partial charge >= 0.3 is 0 Å². The predicted octanol–water partition coefficient (Wildman–Crippen LogP) is 5.96. The molecule has 0 aliphatic carbocycles. The second-order valence-corrected chi connectivity index (χ2v) is 7.39. The van der Waals surface area contributed by atoms with Crippen LogP contribution in [0.15, 0.2) is 65.8 Å². The smallest absolute Gasteiger partial charge is 0.275 e. The van der Waals surface area contributed by atoms with Gasteiger partial charge in [-0.2, -0.15) is 5.10 Å². The molecule has 3 rings (SSSR count). The minimum Gasteiger partial charge on any atom is -0.506 e. The number of hydrogen-bond donors (Lipinski definition) is 2. The molecule has 0 unspecified atom stereocenters. The van der Waals surface area contributed by atoms with Gasteiger partial charge in [0.25, 0.3) is 5.91 Å². The van der Waals surface area contributed by atoms with Crippen LogP contribution in [-0.2, 0) is 6.61 Å². The highest BCUT2D eigenvalue weighted by Gasteiger charge is 2.15. The van der Waals surface area contributed by atoms with Gasteiger partial charge in [0.2, 0.25) is 0 Å². The van der Waals surface area contributed by atoms with E-state index in [1.54, 1.807) is 36.4 Å². The van der Waals surface area contributed by atoms with E-state index in [4.69, 9.17) is 27.9 Å². The van der Waals surface area contributed by atoms with E-state index in [9.17, 15) is 14.3 Å². The molecule has 0 atom stereocenters. The Balaban J connectivity index is 1.78. The minimum absolute atomic E-state index is 0.0921. The average Bonchev–Trinajstić information content (AvgIpc) is 2.77. The number of carbonyl (C=O) groups is 1. The number of nitrogens with one attached hydrogen (secondary N) is 1. The molecular weight excluding hydrogens is 442 g/mol. The number of nitrogens with zero attached hydrogens (tertiary/aromatic N) is 1. The quantitative estimate of drug-likeness (QED) is 0.337. The fourth-order valence-corrected chi connectivity index (χ4v) is 3.31. The molecule has 3 aromatic carbocycles. The van der Waals surface area contributed by atoms with Gasteiger partial charge in [-0.25, -0.2) is 9.82 Å². The first kappa shape index (κ1) is 22.6. The van der Waals surface area contributed by atoms with Crippen LogP contribution in [0.5, 0.6) is 11.5 Å². The molecule has 0 saturated carbocycles. The van der Waals surface area contributed by atoms with E-state index < -0.39 is 5.91 Å². The minimum atomic E-state index is -0.492. The van der Waals surface area contributed by atoms with E-state index in [2.05, 4.69) is 10.5 Å². The van der Waals surface area contributed by atoms with Gasteiger partial charge in [0.1, 0.15) is 23.9 Å². The molecule has 5 nitrogen and oxygen atoms in total. The zero-order valence-electron chi connectivity index (χ0n) is 16.5. The first-order valence-electron chi connectivity index (χ1n) is 9.40. The van der Waals surface area contributed by atoms with E-state index in [0.717, 1.165) is 5.56 Å². The monoisotopic (exact) mass is 460 g/mol. The molecule has 2 N–H and O–H groups in total. The van der Waals surface area contributed by atoms with Gasteiger partial charge in [0.15, 0.2) is 0 Å². The van der Waals surface area contributed by atoms with Crippen LogP contribution in [0, 0.1) is 5.82 Å². The van der Waals surface area contributed by atoms with Crippen molar-refractivity contribution in [1.29, 1.82) is 0 Å². The summed E-state index contributed by atoms with van der Waals surface area (Å²) < 4.78 is 18.8. The number of ether oxygens (including phenoxy) is 1. The number of benzene rings is 3. The highest BCUT2D eigenvalue weighted by molar-refractivity contribution is 6.36. The third kappa shape index (κ3) is 5.75. The van der Waals surface area contributed by atoms with Crippen molar-refractivity contribution in [2.24, 2.45) is 5.10 Å². The third-order valence-electron chi connectivity index (χ3n) is 4.41. The molecule has 0 radical (unpaired) electrons. The van der Waals surface area contributed by atoms with Gasteiger partial charge in [0, 0.05) is 10.6 Å². The molecule has 8 heteroatoms. The van der Waals surface area contributed by atoms with Crippen LogP contribution >= 0.6 is 23.2 Å². The summed E-state index contributed by atoms with van der Waals surface area (Å²) in [5.74, 6) is -0.636. The lowest BCUT2D eigenvalue weighted by atomic mass is 10.1. The Morgan fingerprint density at radius 2 is 1.81 bits per heavy atom. The fraction of sp³-hybridized carbons (Fsp3) is 0.130. The molecule has 0 spiro atoms. The Morgan fingerprint density at radius 1 is 1.10 bits per heavy atom. The lowest BCUT2D eigenvalue weighted by Crippen LogP contribution is -2.21. The summed E-state index contributed by atoms with van der Waals surface area (Å²) in [6, 6.07) is 15.5. The maximum absolute atomic E-state index is 13.1. The molecule has 160 valence electrons. The predicted molar refractivity (Wildman–Crippen MR) is 120 cm³/mol. The number of halogens is 3. The van der Waals surface area contributed by atoms with Crippen LogP contribution in [0.2, 0.25) is 10.0 Å². The molecule has 31 heavy (non-hydrogen) atoms. The zero-order chi connectivity index (χ0) is 22.4. The van der Waals surface area contributed by atoms with Crippen molar-refractivity contribution in [3.63, 3.8) is 0 Å². The molecule has 3 aromatic rings. The summed E-state index contributed by atoms with van der Waals surface area (Å²) in [7, 11) is 0. The van der Waals surface area contributed by atoms with Crippen molar-refractivity contribution in [2.45, 2.75) is 20.0 Å². The van der Waals surface area contributed by atoms with Crippen molar-refractivity contribution in [3.05, 3.63) is 93.2 Å². The van der Waals surface area contributed by atoms with Crippen molar-refractivity contribution in [1.82, 2.24) is 5.43 Å². The third-order valence-corrected chi connectivity index (χ3v) is 4.91. The van der Waals surface area contributed by atoms with E-state index in [1.165, 1.54) is 24.3 Å². The number of aromatic hydroxyl groups is 1. The standard InChI is InChI=1S/C23H19Cl2FN2O3/c1-2-20(18-11-15(24)12-19(25)22(18)29)27-28-23(30)17-5-3-4-6-21(17)31-13-14-7-9-16(26)10-8-14/h3-12,29H,2,13H2,1H3,(H,28,30)/b27-20+. The number of amides is 1. The maximum Gasteiger partial charge on any atom is 0.275 e. The molecule has 1 amide bonds. The molecule has 0 aliphatic rings. The van der Waals surface area contributed by atoms with Gasteiger partial charge in [-0.3, -0.25) is 4.79 Å². The van der Waals surface area contributed by atoms with Crippen molar-refractivity contribution >= 4 is 34.8 Å². The highest BCUT2D eigenvalue weighted by Crippen LogP contribution is 2.32. The normalized spacial score (nSPS) is 11.3. The summed E-state index contributed by atoms with van der Waals surface area (Å²) in [6.07, 6.45) is 0.410. The molecular formula is C23H19Cl2FN2O3. The first-order chi connectivity index (χ1) is 14.9. The molecule has 0 aromatic heterocycles. The van der Waals surface area contributed by atoms with Crippen LogP contribution in [-0.4, -0.2) is 16.7 Å². The summed E-state index contributed by atoms with van der Waals surface area (Å²) in [5.41, 5.74) is 4.26. The Bertz CT molecular complexity index is 1120. The molecule has 0 fully saturated rings. The van der Waals surface area contributed by atoms with Crippen LogP contribution in [0.3, 0.4) is 0 Å². The number of hydrazone groups is 1. The van der Waals surface area contributed by atoms with E-state index in [0.29, 0.717) is 28.5 Å². The Hall–Kier alpha value is -3.09. The zero-order valence-corrected chi connectivity index (χ0v) is 18.0. The molecule has 0 heterocycles. The van der Waals surface area contributed by atoms with Crippen molar-refractivity contribution in [2.75, 3.05) is 0 Å². The second-order valence-electron chi connectivity index (χ2n) is 6.55. The van der Waals surface area contributed by atoms with Gasteiger partial charge in [-0.1, -0.05) is 54.4 Å². The van der Waals surface area contributed by atoms with Crippen LogP contribution in [0.4, 0.5) is 4.39 Å². The second kappa shape index (κ2) is 10.3.